The summed E-state index contributed by atoms with van der Waals surface area (Å²) in [7, 11) is -3.71. The predicted octanol–water partition coefficient (Wildman–Crippen LogP) is 2.08. The van der Waals surface area contributed by atoms with Crippen LogP contribution in [-0.4, -0.2) is 19.5 Å². The molecule has 2 aromatic rings. The van der Waals surface area contributed by atoms with Crippen LogP contribution in [0.5, 0.6) is 0 Å². The van der Waals surface area contributed by atoms with Crippen molar-refractivity contribution >= 4 is 27.4 Å². The van der Waals surface area contributed by atoms with Gasteiger partial charge in [-0.15, -0.1) is 0 Å². The fourth-order valence-electron chi connectivity index (χ4n) is 1.88. The molecule has 2 rings (SSSR count). The highest BCUT2D eigenvalue weighted by atomic mass is 32.2. The number of nitrogens with one attached hydrogen (secondary N) is 1. The van der Waals surface area contributed by atoms with Crippen LogP contribution in [0.15, 0.2) is 47.4 Å². The SMILES string of the molecule is Cc1cc(Nc2ccc(S(N)(=O)=O)cc2)ccc1C(=O)O. The molecule has 0 aromatic heterocycles. The van der Waals surface area contributed by atoms with Crippen molar-refractivity contribution in [2.45, 2.75) is 11.8 Å². The van der Waals surface area contributed by atoms with Crippen LogP contribution < -0.4 is 10.5 Å². The number of carboxylic acids is 1. The Morgan fingerprint density at radius 3 is 2.14 bits per heavy atom. The van der Waals surface area contributed by atoms with Crippen LogP contribution in [0.2, 0.25) is 0 Å². The molecule has 6 nitrogen and oxygen atoms in total. The van der Waals surface area contributed by atoms with Gasteiger partial charge in [0, 0.05) is 11.4 Å². The van der Waals surface area contributed by atoms with Crippen molar-refractivity contribution in [3.63, 3.8) is 0 Å². The van der Waals surface area contributed by atoms with Crippen molar-refractivity contribution in [3.05, 3.63) is 53.6 Å². The molecule has 0 saturated carbocycles. The highest BCUT2D eigenvalue weighted by Crippen LogP contribution is 2.21. The number of nitrogens with two attached hydrogens (primary N) is 1. The second-order valence-corrected chi connectivity index (χ2v) is 6.09. The topological polar surface area (TPSA) is 109 Å². The minimum Gasteiger partial charge on any atom is -0.478 e. The van der Waals surface area contributed by atoms with Crippen LogP contribution >= 0.6 is 0 Å². The molecular formula is C14H14N2O4S. The first-order valence-electron chi connectivity index (χ1n) is 6.01. The number of aromatic carboxylic acids is 1. The molecule has 21 heavy (non-hydrogen) atoms. The van der Waals surface area contributed by atoms with Gasteiger partial charge in [-0.2, -0.15) is 0 Å². The molecule has 0 unspecified atom stereocenters. The summed E-state index contributed by atoms with van der Waals surface area (Å²) in [6.45, 7) is 1.71. The summed E-state index contributed by atoms with van der Waals surface area (Å²) in [4.78, 5) is 11.0. The van der Waals surface area contributed by atoms with E-state index in [1.807, 2.05) is 0 Å². The Labute approximate surface area is 122 Å². The van der Waals surface area contributed by atoms with Crippen molar-refractivity contribution in [2.24, 2.45) is 5.14 Å². The summed E-state index contributed by atoms with van der Waals surface area (Å²) in [5.74, 6) is -0.975. The molecule has 0 fully saturated rings. The van der Waals surface area contributed by atoms with E-state index in [1.54, 1.807) is 31.2 Å². The summed E-state index contributed by atoms with van der Waals surface area (Å²) in [5.41, 5.74) is 2.25. The number of rotatable bonds is 4. The summed E-state index contributed by atoms with van der Waals surface area (Å²) in [5, 5.41) is 17.0. The number of primary sulfonamides is 1. The van der Waals surface area contributed by atoms with Gasteiger partial charge in [0.25, 0.3) is 0 Å². The maximum Gasteiger partial charge on any atom is 0.335 e. The van der Waals surface area contributed by atoms with Gasteiger partial charge in [-0.3, -0.25) is 0 Å². The number of hydrogen-bond acceptors (Lipinski definition) is 4. The first-order valence-corrected chi connectivity index (χ1v) is 7.56. The average molecular weight is 306 g/mol. The number of benzene rings is 2. The van der Waals surface area contributed by atoms with Crippen LogP contribution in [0.3, 0.4) is 0 Å². The van der Waals surface area contributed by atoms with E-state index < -0.39 is 16.0 Å². The lowest BCUT2D eigenvalue weighted by atomic mass is 10.1. The van der Waals surface area contributed by atoms with E-state index in [4.69, 9.17) is 10.2 Å². The van der Waals surface area contributed by atoms with Crippen molar-refractivity contribution in [2.75, 3.05) is 5.32 Å². The number of carbonyl (C=O) groups is 1. The maximum atomic E-state index is 11.2. The van der Waals surface area contributed by atoms with Crippen LogP contribution in [0, 0.1) is 6.92 Å². The van der Waals surface area contributed by atoms with Gasteiger partial charge >= 0.3 is 5.97 Å². The van der Waals surface area contributed by atoms with Gasteiger partial charge in [-0.25, -0.2) is 18.4 Å². The van der Waals surface area contributed by atoms with Gasteiger partial charge in [-0.1, -0.05) is 0 Å². The minimum atomic E-state index is -3.71. The van der Waals surface area contributed by atoms with E-state index in [-0.39, 0.29) is 10.5 Å². The van der Waals surface area contributed by atoms with Gasteiger partial charge in [0.2, 0.25) is 10.0 Å². The molecule has 0 amide bonds. The third kappa shape index (κ3) is 3.59. The molecule has 0 radical (unpaired) electrons. The van der Waals surface area contributed by atoms with E-state index in [9.17, 15) is 13.2 Å². The van der Waals surface area contributed by atoms with E-state index in [1.165, 1.54) is 18.2 Å². The maximum absolute atomic E-state index is 11.2. The van der Waals surface area contributed by atoms with E-state index in [0.717, 1.165) is 0 Å². The van der Waals surface area contributed by atoms with E-state index in [2.05, 4.69) is 5.32 Å². The lowest BCUT2D eigenvalue weighted by Crippen LogP contribution is -2.11. The molecule has 0 aliphatic carbocycles. The largest absolute Gasteiger partial charge is 0.478 e. The average Bonchev–Trinajstić information content (AvgIpc) is 2.38. The third-order valence-corrected chi connectivity index (χ3v) is 3.86. The number of sulfonamides is 1. The number of anilines is 2. The molecule has 0 saturated heterocycles. The Hall–Kier alpha value is -2.38. The van der Waals surface area contributed by atoms with Gasteiger partial charge in [-0.05, 0) is 55.0 Å². The molecule has 0 spiro atoms. The molecular weight excluding hydrogens is 292 g/mol. The third-order valence-electron chi connectivity index (χ3n) is 2.93. The number of aryl methyl sites for hydroxylation is 1. The van der Waals surface area contributed by atoms with Gasteiger partial charge in [0.1, 0.15) is 0 Å². The predicted molar refractivity (Wildman–Crippen MR) is 79.2 cm³/mol. The smallest absolute Gasteiger partial charge is 0.335 e. The van der Waals surface area contributed by atoms with E-state index in [0.29, 0.717) is 16.9 Å². The van der Waals surface area contributed by atoms with Crippen LogP contribution in [0.1, 0.15) is 15.9 Å². The molecule has 4 N–H and O–H groups in total. The Bertz CT molecular complexity index is 783. The lowest BCUT2D eigenvalue weighted by molar-refractivity contribution is 0.0696. The highest BCUT2D eigenvalue weighted by Gasteiger charge is 2.08. The van der Waals surface area contributed by atoms with Crippen molar-refractivity contribution in [1.82, 2.24) is 0 Å². The summed E-state index contributed by atoms with van der Waals surface area (Å²) < 4.78 is 22.3. The summed E-state index contributed by atoms with van der Waals surface area (Å²) >= 11 is 0. The summed E-state index contributed by atoms with van der Waals surface area (Å²) in [6.07, 6.45) is 0. The summed E-state index contributed by atoms with van der Waals surface area (Å²) in [6, 6.07) is 10.8. The van der Waals surface area contributed by atoms with Gasteiger partial charge in [0.15, 0.2) is 0 Å². The zero-order chi connectivity index (χ0) is 15.6. The Morgan fingerprint density at radius 1 is 1.10 bits per heavy atom. The Morgan fingerprint density at radius 2 is 1.67 bits per heavy atom. The molecule has 0 atom stereocenters. The van der Waals surface area contributed by atoms with Crippen molar-refractivity contribution < 1.29 is 18.3 Å². The second-order valence-electron chi connectivity index (χ2n) is 4.53. The molecule has 110 valence electrons. The van der Waals surface area contributed by atoms with Gasteiger partial charge in [0.05, 0.1) is 10.5 Å². The van der Waals surface area contributed by atoms with Crippen molar-refractivity contribution in [1.29, 1.82) is 0 Å². The van der Waals surface area contributed by atoms with Crippen LogP contribution in [-0.2, 0) is 10.0 Å². The Kier molecular flexibility index (Phi) is 3.97. The number of hydrogen-bond donors (Lipinski definition) is 3. The quantitative estimate of drug-likeness (QED) is 0.801. The molecule has 0 heterocycles. The van der Waals surface area contributed by atoms with Gasteiger partial charge < -0.3 is 10.4 Å². The van der Waals surface area contributed by atoms with E-state index >= 15 is 0 Å². The first kappa shape index (κ1) is 15.0. The molecule has 0 aliphatic heterocycles. The fourth-order valence-corrected chi connectivity index (χ4v) is 2.39. The van der Waals surface area contributed by atoms with Crippen LogP contribution in [0.4, 0.5) is 11.4 Å². The monoisotopic (exact) mass is 306 g/mol. The normalized spacial score (nSPS) is 11.1. The first-order chi connectivity index (χ1) is 9.77. The van der Waals surface area contributed by atoms with Crippen molar-refractivity contribution in [3.8, 4) is 0 Å². The fraction of sp³-hybridized carbons (Fsp3) is 0.0714. The zero-order valence-electron chi connectivity index (χ0n) is 11.2. The molecule has 0 aliphatic rings. The zero-order valence-corrected chi connectivity index (χ0v) is 12.0. The van der Waals surface area contributed by atoms with Crippen LogP contribution in [0.25, 0.3) is 0 Å². The minimum absolute atomic E-state index is 0.0328. The Balaban J connectivity index is 2.23. The molecule has 0 bridgehead atoms. The standard InChI is InChI=1S/C14H14N2O4S/c1-9-8-11(4-7-13(9)14(17)18)16-10-2-5-12(6-3-10)21(15,19)20/h2-8,16H,1H3,(H,17,18)(H2,15,19,20). The second kappa shape index (κ2) is 5.55. The molecule has 2 aromatic carbocycles. The highest BCUT2D eigenvalue weighted by molar-refractivity contribution is 7.89. The molecule has 7 heteroatoms. The number of carboxylic acid groups (broad SMARTS) is 1. The lowest BCUT2D eigenvalue weighted by Gasteiger charge is -2.09.